The van der Waals surface area contributed by atoms with E-state index in [0.29, 0.717) is 0 Å². The molecule has 1 rings (SSSR count). The van der Waals surface area contributed by atoms with E-state index >= 15 is 0 Å². The van der Waals surface area contributed by atoms with E-state index in [1.165, 1.54) is 25.1 Å². The highest BCUT2D eigenvalue weighted by Gasteiger charge is 2.29. The minimum Gasteiger partial charge on any atom is -0.352 e. The Morgan fingerprint density at radius 1 is 1.38 bits per heavy atom. The van der Waals surface area contributed by atoms with Crippen molar-refractivity contribution in [3.8, 4) is 0 Å². The van der Waals surface area contributed by atoms with Crippen LogP contribution in [-0.2, 0) is 14.8 Å². The van der Waals surface area contributed by atoms with Crippen LogP contribution in [0.4, 0.5) is 10.1 Å². The average Bonchev–Trinajstić information content (AvgIpc) is 2.36. The van der Waals surface area contributed by atoms with Crippen LogP contribution in [0.5, 0.6) is 0 Å². The molecule has 118 valence electrons. The predicted octanol–water partition coefficient (Wildman–Crippen LogP) is 1.89. The van der Waals surface area contributed by atoms with E-state index in [-0.39, 0.29) is 11.7 Å². The van der Waals surface area contributed by atoms with Crippen LogP contribution in [0.3, 0.4) is 0 Å². The molecule has 0 aliphatic carbocycles. The molecule has 2 atom stereocenters. The number of anilines is 1. The van der Waals surface area contributed by atoms with Gasteiger partial charge in [-0.2, -0.15) is 0 Å². The number of halogens is 1. The minimum atomic E-state index is -3.72. The van der Waals surface area contributed by atoms with Gasteiger partial charge < -0.3 is 5.32 Å². The van der Waals surface area contributed by atoms with Gasteiger partial charge in [0.25, 0.3) is 0 Å². The molecule has 0 saturated heterocycles. The van der Waals surface area contributed by atoms with Crippen molar-refractivity contribution < 1.29 is 17.6 Å². The molecule has 7 heteroatoms. The monoisotopic (exact) mass is 316 g/mol. The van der Waals surface area contributed by atoms with Crippen molar-refractivity contribution in [2.75, 3.05) is 10.6 Å². The molecule has 0 bridgehead atoms. The van der Waals surface area contributed by atoms with Gasteiger partial charge in [-0.3, -0.25) is 9.10 Å². The molecular formula is C14H21FN2O3S. The first-order valence-electron chi connectivity index (χ1n) is 6.72. The second-order valence-electron chi connectivity index (χ2n) is 5.03. The zero-order valence-corrected chi connectivity index (χ0v) is 13.4. The van der Waals surface area contributed by atoms with Crippen molar-refractivity contribution >= 4 is 21.6 Å². The lowest BCUT2D eigenvalue weighted by Gasteiger charge is -2.29. The molecule has 2 unspecified atom stereocenters. The van der Waals surface area contributed by atoms with E-state index in [1.54, 1.807) is 0 Å². The number of sulfonamides is 1. The van der Waals surface area contributed by atoms with Crippen molar-refractivity contribution in [3.05, 3.63) is 30.1 Å². The van der Waals surface area contributed by atoms with Gasteiger partial charge in [-0.15, -0.1) is 0 Å². The largest absolute Gasteiger partial charge is 0.352 e. The highest BCUT2D eigenvalue weighted by Crippen LogP contribution is 2.21. The standard InChI is InChI=1S/C14H21FN2O3S/c1-5-10(2)16-14(18)11(3)17(21(4,19)20)13-8-6-7-12(15)9-13/h6-11H,5H2,1-4H3,(H,16,18). The number of hydrogen-bond acceptors (Lipinski definition) is 3. The molecule has 0 spiro atoms. The van der Waals surface area contributed by atoms with Crippen molar-refractivity contribution in [1.82, 2.24) is 5.32 Å². The first-order valence-corrected chi connectivity index (χ1v) is 8.57. The smallest absolute Gasteiger partial charge is 0.243 e. The van der Waals surface area contributed by atoms with Crippen molar-refractivity contribution in [1.29, 1.82) is 0 Å². The fourth-order valence-electron chi connectivity index (χ4n) is 1.89. The predicted molar refractivity (Wildman–Crippen MR) is 81.1 cm³/mol. The Balaban J connectivity index is 3.13. The van der Waals surface area contributed by atoms with E-state index in [1.807, 2.05) is 13.8 Å². The van der Waals surface area contributed by atoms with E-state index in [0.717, 1.165) is 23.0 Å². The molecular weight excluding hydrogens is 295 g/mol. The van der Waals surface area contributed by atoms with Gasteiger partial charge in [0.05, 0.1) is 11.9 Å². The summed E-state index contributed by atoms with van der Waals surface area (Å²) in [5, 5.41) is 2.73. The number of amides is 1. The van der Waals surface area contributed by atoms with E-state index in [4.69, 9.17) is 0 Å². The number of nitrogens with zero attached hydrogens (tertiary/aromatic N) is 1. The fraction of sp³-hybridized carbons (Fsp3) is 0.500. The zero-order chi connectivity index (χ0) is 16.2. The van der Waals surface area contributed by atoms with Gasteiger partial charge in [0.1, 0.15) is 11.9 Å². The zero-order valence-electron chi connectivity index (χ0n) is 12.6. The van der Waals surface area contributed by atoms with Crippen LogP contribution in [0.2, 0.25) is 0 Å². The second-order valence-corrected chi connectivity index (χ2v) is 6.89. The quantitative estimate of drug-likeness (QED) is 0.871. The van der Waals surface area contributed by atoms with Gasteiger partial charge >= 0.3 is 0 Å². The molecule has 1 amide bonds. The van der Waals surface area contributed by atoms with Crippen molar-refractivity contribution in [2.24, 2.45) is 0 Å². The molecule has 1 aromatic rings. The Morgan fingerprint density at radius 3 is 2.48 bits per heavy atom. The summed E-state index contributed by atoms with van der Waals surface area (Å²) in [6, 6.07) is 4.14. The molecule has 0 fully saturated rings. The normalized spacial score (nSPS) is 14.3. The molecule has 0 heterocycles. The first-order chi connectivity index (χ1) is 9.66. The molecule has 0 saturated carbocycles. The van der Waals surface area contributed by atoms with Gasteiger partial charge in [-0.25, -0.2) is 12.8 Å². The third kappa shape index (κ3) is 4.70. The lowest BCUT2D eigenvalue weighted by atomic mass is 10.2. The van der Waals surface area contributed by atoms with Crippen molar-refractivity contribution in [2.45, 2.75) is 39.3 Å². The van der Waals surface area contributed by atoms with Crippen molar-refractivity contribution in [3.63, 3.8) is 0 Å². The maximum absolute atomic E-state index is 13.3. The molecule has 1 aromatic carbocycles. The SMILES string of the molecule is CCC(C)NC(=O)C(C)N(c1cccc(F)c1)S(C)(=O)=O. The topological polar surface area (TPSA) is 66.5 Å². The Hall–Kier alpha value is -1.63. The van der Waals surface area contributed by atoms with Crippen LogP contribution in [0.25, 0.3) is 0 Å². The van der Waals surface area contributed by atoms with Crippen LogP contribution >= 0.6 is 0 Å². The number of hydrogen-bond donors (Lipinski definition) is 1. The first kappa shape index (κ1) is 17.4. The summed E-state index contributed by atoms with van der Waals surface area (Å²) in [5.41, 5.74) is 0.129. The Morgan fingerprint density at radius 2 is 2.00 bits per heavy atom. The summed E-state index contributed by atoms with van der Waals surface area (Å²) in [5.74, 6) is -0.977. The summed E-state index contributed by atoms with van der Waals surface area (Å²) < 4.78 is 38.2. The Labute approximate surface area is 125 Å². The van der Waals surface area contributed by atoms with Gasteiger partial charge in [0.15, 0.2) is 0 Å². The summed E-state index contributed by atoms with van der Waals surface area (Å²) in [4.78, 5) is 12.1. The fourth-order valence-corrected chi connectivity index (χ4v) is 3.05. The Bertz CT molecular complexity index is 604. The highest BCUT2D eigenvalue weighted by molar-refractivity contribution is 7.92. The maximum Gasteiger partial charge on any atom is 0.243 e. The van der Waals surface area contributed by atoms with Gasteiger partial charge in [0, 0.05) is 6.04 Å². The number of nitrogens with one attached hydrogen (secondary N) is 1. The van der Waals surface area contributed by atoms with Crippen LogP contribution in [0.1, 0.15) is 27.2 Å². The highest BCUT2D eigenvalue weighted by atomic mass is 32.2. The minimum absolute atomic E-state index is 0.0612. The number of carbonyl (C=O) groups excluding carboxylic acids is 1. The summed E-state index contributed by atoms with van der Waals surface area (Å²) in [6.07, 6.45) is 1.72. The average molecular weight is 316 g/mol. The van der Waals surface area contributed by atoms with Gasteiger partial charge in [-0.1, -0.05) is 13.0 Å². The Kier molecular flexibility index (Phi) is 5.71. The van der Waals surface area contributed by atoms with E-state index in [9.17, 15) is 17.6 Å². The molecule has 0 aromatic heterocycles. The lowest BCUT2D eigenvalue weighted by molar-refractivity contribution is -0.122. The lowest BCUT2D eigenvalue weighted by Crippen LogP contribution is -2.49. The summed E-state index contributed by atoms with van der Waals surface area (Å²) >= 11 is 0. The number of benzene rings is 1. The molecule has 0 aliphatic heterocycles. The van der Waals surface area contributed by atoms with Crippen LogP contribution in [-0.4, -0.2) is 32.7 Å². The second kappa shape index (κ2) is 6.89. The summed E-state index contributed by atoms with van der Waals surface area (Å²) in [7, 11) is -3.72. The molecule has 5 nitrogen and oxygen atoms in total. The third-order valence-corrected chi connectivity index (χ3v) is 4.39. The van der Waals surface area contributed by atoms with Crippen LogP contribution in [0.15, 0.2) is 24.3 Å². The molecule has 0 aliphatic rings. The van der Waals surface area contributed by atoms with Gasteiger partial charge in [-0.05, 0) is 38.5 Å². The molecule has 1 N–H and O–H groups in total. The van der Waals surface area contributed by atoms with Gasteiger partial charge in [0.2, 0.25) is 15.9 Å². The van der Waals surface area contributed by atoms with E-state index < -0.39 is 27.8 Å². The molecule has 21 heavy (non-hydrogen) atoms. The maximum atomic E-state index is 13.3. The van der Waals surface area contributed by atoms with E-state index in [2.05, 4.69) is 5.32 Å². The summed E-state index contributed by atoms with van der Waals surface area (Å²) in [6.45, 7) is 5.22. The number of rotatable bonds is 6. The van der Waals surface area contributed by atoms with Crippen LogP contribution in [0, 0.1) is 5.82 Å². The van der Waals surface area contributed by atoms with Crippen LogP contribution < -0.4 is 9.62 Å². The molecule has 0 radical (unpaired) electrons. The number of carbonyl (C=O) groups is 1. The third-order valence-electron chi connectivity index (χ3n) is 3.15.